The van der Waals surface area contributed by atoms with Gasteiger partial charge in [-0.2, -0.15) is 5.26 Å². The van der Waals surface area contributed by atoms with Gasteiger partial charge in [0, 0.05) is 6.42 Å². The van der Waals surface area contributed by atoms with Gasteiger partial charge in [0.2, 0.25) is 5.88 Å². The molecule has 0 saturated carbocycles. The van der Waals surface area contributed by atoms with Crippen molar-refractivity contribution in [2.45, 2.75) is 12.5 Å². The van der Waals surface area contributed by atoms with Gasteiger partial charge < -0.3 is 9.47 Å². The Balaban J connectivity index is 1.99. The van der Waals surface area contributed by atoms with Crippen LogP contribution in [0.5, 0.6) is 5.88 Å². The predicted octanol–water partition coefficient (Wildman–Crippen LogP) is 0.516. The molecule has 1 saturated heterocycles. The van der Waals surface area contributed by atoms with Gasteiger partial charge in [0.1, 0.15) is 12.2 Å². The Labute approximate surface area is 81.3 Å². The van der Waals surface area contributed by atoms with E-state index in [1.807, 2.05) is 6.07 Å². The number of nitrogens with zero attached hydrogens (tertiary/aromatic N) is 3. The number of aromatic nitrogens is 2. The highest BCUT2D eigenvalue weighted by molar-refractivity contribution is 5.18. The number of hydrogen-bond acceptors (Lipinski definition) is 5. The fourth-order valence-corrected chi connectivity index (χ4v) is 1.21. The summed E-state index contributed by atoms with van der Waals surface area (Å²) in [5.74, 6) is 0.444. The van der Waals surface area contributed by atoms with Gasteiger partial charge in [-0.05, 0) is 0 Å². The zero-order valence-corrected chi connectivity index (χ0v) is 7.51. The first-order valence-corrected chi connectivity index (χ1v) is 4.35. The van der Waals surface area contributed by atoms with Crippen LogP contribution in [0.15, 0.2) is 12.4 Å². The fraction of sp³-hybridized carbons (Fsp3) is 0.444. The summed E-state index contributed by atoms with van der Waals surface area (Å²) in [6.07, 6.45) is 3.79. The standard InChI is InChI=1S/C9H9N3O2/c10-3-7-4-12-9(5-11-7)14-8-1-2-13-6-8/h4-5,8H,1-2,6H2. The molecule has 1 aliphatic heterocycles. The maximum absolute atomic E-state index is 8.50. The summed E-state index contributed by atoms with van der Waals surface area (Å²) in [6.45, 7) is 1.33. The molecule has 2 heterocycles. The van der Waals surface area contributed by atoms with Gasteiger partial charge in [0.25, 0.3) is 0 Å². The van der Waals surface area contributed by atoms with Crippen molar-refractivity contribution in [3.63, 3.8) is 0 Å². The lowest BCUT2D eigenvalue weighted by Gasteiger charge is -2.09. The molecule has 1 aliphatic rings. The first kappa shape index (κ1) is 8.91. The van der Waals surface area contributed by atoms with Crippen LogP contribution in [0.4, 0.5) is 0 Å². The van der Waals surface area contributed by atoms with Gasteiger partial charge in [0.15, 0.2) is 5.69 Å². The van der Waals surface area contributed by atoms with E-state index in [1.54, 1.807) is 0 Å². The van der Waals surface area contributed by atoms with Crippen LogP contribution >= 0.6 is 0 Å². The fourth-order valence-electron chi connectivity index (χ4n) is 1.21. The lowest BCUT2D eigenvalue weighted by Crippen LogP contribution is -2.16. The minimum absolute atomic E-state index is 0.0669. The molecule has 0 N–H and O–H groups in total. The monoisotopic (exact) mass is 191 g/mol. The summed E-state index contributed by atoms with van der Waals surface area (Å²) in [5, 5.41) is 8.50. The second kappa shape index (κ2) is 4.03. The van der Waals surface area contributed by atoms with Crippen LogP contribution in [-0.2, 0) is 4.74 Å². The van der Waals surface area contributed by atoms with Crippen molar-refractivity contribution in [2.24, 2.45) is 0 Å². The first-order valence-electron chi connectivity index (χ1n) is 4.35. The molecule has 1 atom stereocenters. The van der Waals surface area contributed by atoms with E-state index in [0.29, 0.717) is 18.2 Å². The van der Waals surface area contributed by atoms with Crippen molar-refractivity contribution in [1.29, 1.82) is 5.26 Å². The molecular formula is C9H9N3O2. The minimum Gasteiger partial charge on any atom is -0.471 e. The van der Waals surface area contributed by atoms with E-state index in [0.717, 1.165) is 13.0 Å². The molecule has 5 nitrogen and oxygen atoms in total. The van der Waals surface area contributed by atoms with Crippen molar-refractivity contribution in [1.82, 2.24) is 9.97 Å². The van der Waals surface area contributed by atoms with Crippen LogP contribution in [0.1, 0.15) is 12.1 Å². The Kier molecular flexibility index (Phi) is 2.56. The van der Waals surface area contributed by atoms with E-state index in [4.69, 9.17) is 14.7 Å². The molecule has 0 bridgehead atoms. The topological polar surface area (TPSA) is 68.0 Å². The highest BCUT2D eigenvalue weighted by Crippen LogP contribution is 2.12. The number of nitriles is 1. The van der Waals surface area contributed by atoms with E-state index in [2.05, 4.69) is 9.97 Å². The molecular weight excluding hydrogens is 182 g/mol. The van der Waals surface area contributed by atoms with E-state index in [9.17, 15) is 0 Å². The summed E-state index contributed by atoms with van der Waals surface area (Å²) in [7, 11) is 0. The van der Waals surface area contributed by atoms with E-state index in [-0.39, 0.29) is 6.10 Å². The summed E-state index contributed by atoms with van der Waals surface area (Å²) in [4.78, 5) is 7.80. The quantitative estimate of drug-likeness (QED) is 0.681. The van der Waals surface area contributed by atoms with Crippen LogP contribution in [0.2, 0.25) is 0 Å². The number of rotatable bonds is 2. The van der Waals surface area contributed by atoms with E-state index in [1.165, 1.54) is 12.4 Å². The molecule has 1 aromatic rings. The molecule has 0 radical (unpaired) electrons. The maximum Gasteiger partial charge on any atom is 0.232 e. The molecule has 0 spiro atoms. The number of ether oxygens (including phenoxy) is 2. The lowest BCUT2D eigenvalue weighted by atomic mass is 10.3. The second-order valence-electron chi connectivity index (χ2n) is 2.96. The highest BCUT2D eigenvalue weighted by Gasteiger charge is 2.17. The van der Waals surface area contributed by atoms with Gasteiger partial charge in [-0.25, -0.2) is 9.97 Å². The average molecular weight is 191 g/mol. The van der Waals surface area contributed by atoms with Gasteiger partial charge in [-0.15, -0.1) is 0 Å². The highest BCUT2D eigenvalue weighted by atomic mass is 16.5. The van der Waals surface area contributed by atoms with Crippen LogP contribution in [0, 0.1) is 11.3 Å². The third kappa shape index (κ3) is 1.98. The molecule has 1 aromatic heterocycles. The average Bonchev–Trinajstić information content (AvgIpc) is 2.72. The van der Waals surface area contributed by atoms with Gasteiger partial charge in [0.05, 0.1) is 25.6 Å². The molecule has 72 valence electrons. The van der Waals surface area contributed by atoms with Crippen LogP contribution in [0.3, 0.4) is 0 Å². The van der Waals surface area contributed by atoms with Crippen LogP contribution in [-0.4, -0.2) is 29.3 Å². The minimum atomic E-state index is 0.0669. The smallest absolute Gasteiger partial charge is 0.232 e. The zero-order valence-electron chi connectivity index (χ0n) is 7.51. The Morgan fingerprint density at radius 3 is 3.00 bits per heavy atom. The summed E-state index contributed by atoms with van der Waals surface area (Å²) in [6, 6.07) is 1.89. The third-order valence-corrected chi connectivity index (χ3v) is 1.92. The largest absolute Gasteiger partial charge is 0.471 e. The normalized spacial score (nSPS) is 20.4. The lowest BCUT2D eigenvalue weighted by molar-refractivity contribution is 0.137. The maximum atomic E-state index is 8.50. The second-order valence-corrected chi connectivity index (χ2v) is 2.96. The summed E-state index contributed by atoms with van der Waals surface area (Å²) in [5.41, 5.74) is 0.292. The third-order valence-electron chi connectivity index (χ3n) is 1.92. The molecule has 0 aromatic carbocycles. The van der Waals surface area contributed by atoms with Crippen molar-refractivity contribution < 1.29 is 9.47 Å². The first-order chi connectivity index (χ1) is 6.88. The molecule has 0 aliphatic carbocycles. The van der Waals surface area contributed by atoms with Crippen molar-refractivity contribution in [3.05, 3.63) is 18.1 Å². The Morgan fingerprint density at radius 1 is 1.50 bits per heavy atom. The summed E-state index contributed by atoms with van der Waals surface area (Å²) >= 11 is 0. The SMILES string of the molecule is N#Cc1cnc(OC2CCOC2)cn1. The van der Waals surface area contributed by atoms with Crippen LogP contribution < -0.4 is 4.74 Å². The van der Waals surface area contributed by atoms with Crippen molar-refractivity contribution >= 4 is 0 Å². The van der Waals surface area contributed by atoms with Crippen LogP contribution in [0.25, 0.3) is 0 Å². The Morgan fingerprint density at radius 2 is 2.43 bits per heavy atom. The molecule has 14 heavy (non-hydrogen) atoms. The zero-order chi connectivity index (χ0) is 9.80. The predicted molar refractivity (Wildman–Crippen MR) is 46.6 cm³/mol. The van der Waals surface area contributed by atoms with E-state index < -0.39 is 0 Å². The van der Waals surface area contributed by atoms with Gasteiger partial charge >= 0.3 is 0 Å². The molecule has 1 fully saturated rings. The number of hydrogen-bond donors (Lipinski definition) is 0. The van der Waals surface area contributed by atoms with E-state index >= 15 is 0 Å². The summed E-state index contributed by atoms with van der Waals surface area (Å²) < 4.78 is 10.6. The molecule has 1 unspecified atom stereocenters. The van der Waals surface area contributed by atoms with Crippen molar-refractivity contribution in [2.75, 3.05) is 13.2 Å². The molecule has 5 heteroatoms. The Bertz CT molecular complexity index is 338. The Hall–Kier alpha value is -1.67. The van der Waals surface area contributed by atoms with Gasteiger partial charge in [-0.3, -0.25) is 0 Å². The van der Waals surface area contributed by atoms with Crippen molar-refractivity contribution in [3.8, 4) is 11.9 Å². The molecule has 0 amide bonds. The van der Waals surface area contributed by atoms with Gasteiger partial charge in [-0.1, -0.05) is 0 Å². The molecule has 2 rings (SSSR count).